The molecule has 0 aromatic heterocycles. The third-order valence-electron chi connectivity index (χ3n) is 3.47. The van der Waals surface area contributed by atoms with E-state index in [1.807, 2.05) is 0 Å². The third kappa shape index (κ3) is 4.35. The van der Waals surface area contributed by atoms with Gasteiger partial charge in [0.05, 0.1) is 0 Å². The molecule has 1 unspecified atom stereocenters. The van der Waals surface area contributed by atoms with Gasteiger partial charge >= 0.3 is 0 Å². The number of halogens is 3. The highest BCUT2D eigenvalue weighted by Gasteiger charge is 2.31. The average molecular weight is 441 g/mol. The van der Waals surface area contributed by atoms with Crippen LogP contribution in [0.15, 0.2) is 28.7 Å². The zero-order valence-corrected chi connectivity index (χ0v) is 15.8. The third-order valence-corrected chi connectivity index (χ3v) is 6.11. The molecular weight excluding hydrogens is 420 g/mol. The molecule has 1 aromatic carbocycles. The molecule has 18 heavy (non-hydrogen) atoms. The largest absolute Gasteiger partial charge is 0.0918 e. The summed E-state index contributed by atoms with van der Waals surface area (Å²) in [5.74, 6) is 0.754. The van der Waals surface area contributed by atoms with E-state index in [4.69, 9.17) is 0 Å². The molecule has 0 heterocycles. The Hall–Kier alpha value is 0.660. The van der Waals surface area contributed by atoms with Crippen molar-refractivity contribution in [3.05, 3.63) is 34.3 Å². The van der Waals surface area contributed by atoms with Gasteiger partial charge in [0.25, 0.3) is 0 Å². The summed E-state index contributed by atoms with van der Waals surface area (Å²) >= 11 is 11.0. The van der Waals surface area contributed by atoms with Gasteiger partial charge in [-0.05, 0) is 30.0 Å². The smallest absolute Gasteiger partial charge is 0.0178 e. The van der Waals surface area contributed by atoms with Gasteiger partial charge in [0.15, 0.2) is 0 Å². The molecule has 0 saturated heterocycles. The van der Waals surface area contributed by atoms with Crippen LogP contribution in [-0.2, 0) is 5.41 Å². The quantitative estimate of drug-likeness (QED) is 0.436. The highest BCUT2D eigenvalue weighted by molar-refractivity contribution is 9.10. The molecule has 0 aliphatic heterocycles. The summed E-state index contributed by atoms with van der Waals surface area (Å²) in [5.41, 5.74) is 1.60. The lowest BCUT2D eigenvalue weighted by atomic mass is 9.76. The van der Waals surface area contributed by atoms with Crippen molar-refractivity contribution in [2.45, 2.75) is 38.5 Å². The maximum atomic E-state index is 3.73. The molecule has 3 heteroatoms. The predicted molar refractivity (Wildman–Crippen MR) is 92.1 cm³/mol. The Labute approximate surface area is 136 Å². The van der Waals surface area contributed by atoms with Gasteiger partial charge in [-0.3, -0.25) is 0 Å². The number of rotatable bonds is 7. The summed E-state index contributed by atoms with van der Waals surface area (Å²) in [5, 5.41) is 1.99. The van der Waals surface area contributed by atoms with Crippen LogP contribution in [0.25, 0.3) is 0 Å². The second-order valence-corrected chi connectivity index (χ2v) is 7.19. The molecule has 0 aliphatic carbocycles. The van der Waals surface area contributed by atoms with Crippen molar-refractivity contribution in [3.8, 4) is 0 Å². The molecular formula is C15H21Br3. The molecule has 0 radical (unpaired) electrons. The maximum absolute atomic E-state index is 3.73. The van der Waals surface area contributed by atoms with E-state index < -0.39 is 0 Å². The van der Waals surface area contributed by atoms with Gasteiger partial charge in [0, 0.05) is 20.5 Å². The normalized spacial score (nSPS) is 13.6. The van der Waals surface area contributed by atoms with Crippen molar-refractivity contribution in [2.75, 3.05) is 10.7 Å². The molecule has 0 N–H and O–H groups in total. The first-order valence-electron chi connectivity index (χ1n) is 6.46. The number of hydrogen-bond donors (Lipinski definition) is 0. The van der Waals surface area contributed by atoms with Crippen LogP contribution in [0.3, 0.4) is 0 Å². The predicted octanol–water partition coefficient (Wildman–Crippen LogP) is 6.30. The van der Waals surface area contributed by atoms with Crippen molar-refractivity contribution in [1.29, 1.82) is 0 Å². The second-order valence-electron chi connectivity index (χ2n) is 5.16. The van der Waals surface area contributed by atoms with Crippen molar-refractivity contribution in [3.63, 3.8) is 0 Å². The lowest BCUT2D eigenvalue weighted by Gasteiger charge is -2.33. The van der Waals surface area contributed by atoms with E-state index >= 15 is 0 Å². The Kier molecular flexibility index (Phi) is 7.48. The molecule has 102 valence electrons. The molecule has 0 fully saturated rings. The number of benzene rings is 1. The zero-order chi connectivity index (χ0) is 13.6. The molecule has 0 aliphatic rings. The highest BCUT2D eigenvalue weighted by Crippen LogP contribution is 2.37. The van der Waals surface area contributed by atoms with Gasteiger partial charge < -0.3 is 0 Å². The van der Waals surface area contributed by atoms with Crippen LogP contribution in [0.2, 0.25) is 0 Å². The monoisotopic (exact) mass is 438 g/mol. The molecule has 0 spiro atoms. The Balaban J connectivity index is 2.99. The number of hydrogen-bond acceptors (Lipinski definition) is 0. The van der Waals surface area contributed by atoms with Crippen LogP contribution >= 0.6 is 47.8 Å². The fraction of sp³-hybridized carbons (Fsp3) is 0.600. The van der Waals surface area contributed by atoms with Crippen LogP contribution in [0.5, 0.6) is 0 Å². The standard InChI is InChI=1S/C15H21Br3/c1-3-5-12(2)9-15(10-16,11-17)13-6-4-7-14(18)8-13/h4,6-8,12H,3,5,9-11H2,1-2H3. The lowest BCUT2D eigenvalue weighted by Crippen LogP contribution is -2.32. The van der Waals surface area contributed by atoms with E-state index in [0.717, 1.165) is 21.1 Å². The van der Waals surface area contributed by atoms with Crippen LogP contribution in [0, 0.1) is 5.92 Å². The van der Waals surface area contributed by atoms with E-state index in [1.165, 1.54) is 24.8 Å². The van der Waals surface area contributed by atoms with Crippen LogP contribution in [0.1, 0.15) is 38.7 Å². The fourth-order valence-electron chi connectivity index (χ4n) is 2.50. The van der Waals surface area contributed by atoms with Gasteiger partial charge in [-0.15, -0.1) is 0 Å². The second kappa shape index (κ2) is 8.06. The molecule has 1 rings (SSSR count). The SMILES string of the molecule is CCCC(C)CC(CBr)(CBr)c1cccc(Br)c1. The van der Waals surface area contributed by atoms with Gasteiger partial charge in [-0.2, -0.15) is 0 Å². The Morgan fingerprint density at radius 3 is 2.39 bits per heavy atom. The van der Waals surface area contributed by atoms with Gasteiger partial charge in [0.1, 0.15) is 0 Å². The van der Waals surface area contributed by atoms with Crippen LogP contribution in [-0.4, -0.2) is 10.7 Å². The molecule has 0 amide bonds. The summed E-state index contributed by atoms with van der Waals surface area (Å²) < 4.78 is 1.16. The van der Waals surface area contributed by atoms with Crippen molar-refractivity contribution >= 4 is 47.8 Å². The minimum absolute atomic E-state index is 0.193. The topological polar surface area (TPSA) is 0 Å². The van der Waals surface area contributed by atoms with E-state index in [1.54, 1.807) is 0 Å². The first-order chi connectivity index (χ1) is 8.57. The van der Waals surface area contributed by atoms with E-state index in [9.17, 15) is 0 Å². The minimum atomic E-state index is 0.193. The summed E-state index contributed by atoms with van der Waals surface area (Å²) in [7, 11) is 0. The summed E-state index contributed by atoms with van der Waals surface area (Å²) in [6, 6.07) is 8.71. The van der Waals surface area contributed by atoms with E-state index in [0.29, 0.717) is 0 Å². The number of alkyl halides is 2. The lowest BCUT2D eigenvalue weighted by molar-refractivity contribution is 0.374. The van der Waals surface area contributed by atoms with Gasteiger partial charge in [-0.1, -0.05) is 86.6 Å². The van der Waals surface area contributed by atoms with Crippen LogP contribution < -0.4 is 0 Å². The van der Waals surface area contributed by atoms with Gasteiger partial charge in [0.2, 0.25) is 0 Å². The Bertz CT molecular complexity index is 359. The first-order valence-corrected chi connectivity index (χ1v) is 9.49. The van der Waals surface area contributed by atoms with Crippen molar-refractivity contribution < 1.29 is 0 Å². The van der Waals surface area contributed by atoms with Crippen molar-refractivity contribution in [2.24, 2.45) is 5.92 Å². The van der Waals surface area contributed by atoms with E-state index in [-0.39, 0.29) is 5.41 Å². The maximum Gasteiger partial charge on any atom is 0.0178 e. The average Bonchev–Trinajstić information content (AvgIpc) is 2.36. The Morgan fingerprint density at radius 1 is 1.22 bits per heavy atom. The summed E-state index contributed by atoms with van der Waals surface area (Å²) in [6.07, 6.45) is 3.78. The zero-order valence-electron chi connectivity index (χ0n) is 11.1. The molecule has 0 bridgehead atoms. The van der Waals surface area contributed by atoms with E-state index in [2.05, 4.69) is 85.9 Å². The Morgan fingerprint density at radius 2 is 1.89 bits per heavy atom. The first kappa shape index (κ1) is 16.7. The highest BCUT2D eigenvalue weighted by atomic mass is 79.9. The minimum Gasteiger partial charge on any atom is -0.0918 e. The molecule has 1 atom stereocenters. The summed E-state index contributed by atoms with van der Waals surface area (Å²) in [6.45, 7) is 4.63. The summed E-state index contributed by atoms with van der Waals surface area (Å²) in [4.78, 5) is 0. The van der Waals surface area contributed by atoms with Crippen LogP contribution in [0.4, 0.5) is 0 Å². The fourth-order valence-corrected chi connectivity index (χ4v) is 4.93. The molecule has 0 saturated carbocycles. The molecule has 1 aromatic rings. The molecule has 0 nitrogen and oxygen atoms in total. The van der Waals surface area contributed by atoms with Crippen molar-refractivity contribution in [1.82, 2.24) is 0 Å². The van der Waals surface area contributed by atoms with Gasteiger partial charge in [-0.25, -0.2) is 0 Å².